The highest BCUT2D eigenvalue weighted by Crippen LogP contribution is 2.47. The quantitative estimate of drug-likeness (QED) is 0.818. The molecule has 7 heteroatoms. The SMILES string of the molecule is N#Cc1cccc(NC(=O)C2(C(=O)Nc3ccc(F)c(Cl)c3)CC2)c1. The third-order valence-electron chi connectivity index (χ3n) is 4.05. The van der Waals surface area contributed by atoms with Crippen LogP contribution in [0.4, 0.5) is 15.8 Å². The Hall–Kier alpha value is -2.91. The predicted octanol–water partition coefficient (Wildman–Crippen LogP) is 3.71. The summed E-state index contributed by atoms with van der Waals surface area (Å²) >= 11 is 5.69. The van der Waals surface area contributed by atoms with Crippen LogP contribution in [-0.2, 0) is 9.59 Å². The number of nitriles is 1. The number of benzene rings is 2. The van der Waals surface area contributed by atoms with Crippen molar-refractivity contribution in [2.75, 3.05) is 10.6 Å². The molecule has 0 spiro atoms. The van der Waals surface area contributed by atoms with E-state index in [1.165, 1.54) is 18.2 Å². The molecule has 0 radical (unpaired) electrons. The Morgan fingerprint density at radius 3 is 2.28 bits per heavy atom. The van der Waals surface area contributed by atoms with Crippen LogP contribution in [0, 0.1) is 22.6 Å². The van der Waals surface area contributed by atoms with E-state index < -0.39 is 23.0 Å². The Balaban J connectivity index is 1.72. The normalized spacial score (nSPS) is 14.3. The van der Waals surface area contributed by atoms with Gasteiger partial charge in [-0.2, -0.15) is 5.26 Å². The van der Waals surface area contributed by atoms with Crippen LogP contribution in [-0.4, -0.2) is 11.8 Å². The van der Waals surface area contributed by atoms with Gasteiger partial charge in [0.15, 0.2) is 0 Å². The summed E-state index contributed by atoms with van der Waals surface area (Å²) in [7, 11) is 0. The molecular formula is C18H13ClFN3O2. The molecule has 3 rings (SSSR count). The molecule has 0 bridgehead atoms. The van der Waals surface area contributed by atoms with Gasteiger partial charge in [0.25, 0.3) is 0 Å². The second-order valence-corrected chi connectivity index (χ2v) is 6.22. The minimum Gasteiger partial charge on any atom is -0.325 e. The first kappa shape index (κ1) is 16.9. The fraction of sp³-hybridized carbons (Fsp3) is 0.167. The lowest BCUT2D eigenvalue weighted by atomic mass is 10.0. The molecule has 1 saturated carbocycles. The molecule has 2 amide bonds. The van der Waals surface area contributed by atoms with Crippen molar-refractivity contribution in [1.82, 2.24) is 0 Å². The van der Waals surface area contributed by atoms with Crippen LogP contribution < -0.4 is 10.6 Å². The van der Waals surface area contributed by atoms with Gasteiger partial charge < -0.3 is 10.6 Å². The van der Waals surface area contributed by atoms with E-state index in [2.05, 4.69) is 10.6 Å². The van der Waals surface area contributed by atoms with E-state index in [1.54, 1.807) is 18.2 Å². The number of amides is 2. The minimum absolute atomic E-state index is 0.111. The number of rotatable bonds is 4. The molecule has 0 unspecified atom stereocenters. The number of nitrogens with one attached hydrogen (secondary N) is 2. The lowest BCUT2D eigenvalue weighted by Gasteiger charge is -2.16. The van der Waals surface area contributed by atoms with E-state index in [1.807, 2.05) is 6.07 Å². The third kappa shape index (κ3) is 3.47. The highest BCUT2D eigenvalue weighted by atomic mass is 35.5. The molecule has 2 aromatic carbocycles. The van der Waals surface area contributed by atoms with Crippen molar-refractivity contribution in [3.8, 4) is 6.07 Å². The molecule has 5 nitrogen and oxygen atoms in total. The Morgan fingerprint density at radius 1 is 1.08 bits per heavy atom. The van der Waals surface area contributed by atoms with Crippen molar-refractivity contribution in [3.63, 3.8) is 0 Å². The van der Waals surface area contributed by atoms with Crippen LogP contribution in [0.3, 0.4) is 0 Å². The van der Waals surface area contributed by atoms with Crippen LogP contribution in [0.5, 0.6) is 0 Å². The van der Waals surface area contributed by atoms with Gasteiger partial charge in [0.1, 0.15) is 11.2 Å². The lowest BCUT2D eigenvalue weighted by Crippen LogP contribution is -2.35. The second kappa shape index (κ2) is 6.54. The Morgan fingerprint density at radius 2 is 1.72 bits per heavy atom. The van der Waals surface area contributed by atoms with E-state index >= 15 is 0 Å². The van der Waals surface area contributed by atoms with Gasteiger partial charge in [-0.15, -0.1) is 0 Å². The Bertz CT molecular complexity index is 903. The van der Waals surface area contributed by atoms with Crippen LogP contribution in [0.25, 0.3) is 0 Å². The van der Waals surface area contributed by atoms with Gasteiger partial charge in [-0.1, -0.05) is 17.7 Å². The molecule has 0 saturated heterocycles. The molecule has 2 N–H and O–H groups in total. The standard InChI is InChI=1S/C18H13ClFN3O2/c19-14-9-13(4-5-15(14)20)23-17(25)18(6-7-18)16(24)22-12-3-1-2-11(8-12)10-21/h1-5,8-9H,6-7H2,(H,22,24)(H,23,25). The van der Waals surface area contributed by atoms with Gasteiger partial charge in [0.2, 0.25) is 11.8 Å². The highest BCUT2D eigenvalue weighted by Gasteiger charge is 2.56. The summed E-state index contributed by atoms with van der Waals surface area (Å²) in [5.74, 6) is -1.49. The fourth-order valence-corrected chi connectivity index (χ4v) is 2.60. The first-order valence-electron chi connectivity index (χ1n) is 7.53. The number of carbonyl (C=O) groups excluding carboxylic acids is 2. The summed E-state index contributed by atoms with van der Waals surface area (Å²) in [5, 5.41) is 14.1. The van der Waals surface area contributed by atoms with Crippen LogP contribution in [0.2, 0.25) is 5.02 Å². The number of halogens is 2. The number of carbonyl (C=O) groups is 2. The molecule has 0 heterocycles. The first-order valence-corrected chi connectivity index (χ1v) is 7.90. The maximum absolute atomic E-state index is 13.2. The van der Waals surface area contributed by atoms with Gasteiger partial charge in [-0.25, -0.2) is 4.39 Å². The average molecular weight is 358 g/mol. The van der Waals surface area contributed by atoms with Crippen LogP contribution in [0.15, 0.2) is 42.5 Å². The molecular weight excluding hydrogens is 345 g/mol. The Kier molecular flexibility index (Phi) is 4.43. The zero-order chi connectivity index (χ0) is 18.0. The molecule has 0 atom stereocenters. The first-order chi connectivity index (χ1) is 11.9. The van der Waals surface area contributed by atoms with Gasteiger partial charge in [0, 0.05) is 11.4 Å². The van der Waals surface area contributed by atoms with Crippen molar-refractivity contribution in [1.29, 1.82) is 5.26 Å². The predicted molar refractivity (Wildman–Crippen MR) is 91.5 cm³/mol. The van der Waals surface area contributed by atoms with Crippen molar-refractivity contribution in [2.45, 2.75) is 12.8 Å². The lowest BCUT2D eigenvalue weighted by molar-refractivity contribution is -0.131. The van der Waals surface area contributed by atoms with Crippen LogP contribution >= 0.6 is 11.6 Å². The number of anilines is 2. The zero-order valence-corrected chi connectivity index (χ0v) is 13.7. The highest BCUT2D eigenvalue weighted by molar-refractivity contribution is 6.31. The van der Waals surface area contributed by atoms with Crippen LogP contribution in [0.1, 0.15) is 18.4 Å². The maximum atomic E-state index is 13.2. The monoisotopic (exact) mass is 357 g/mol. The molecule has 0 aromatic heterocycles. The average Bonchev–Trinajstić information content (AvgIpc) is 3.40. The molecule has 126 valence electrons. The van der Waals surface area contributed by atoms with Gasteiger partial charge in [-0.3, -0.25) is 9.59 Å². The largest absolute Gasteiger partial charge is 0.325 e. The van der Waals surface area contributed by atoms with Crippen molar-refractivity contribution >= 4 is 34.8 Å². The van der Waals surface area contributed by atoms with E-state index in [0.29, 0.717) is 29.8 Å². The van der Waals surface area contributed by atoms with Crippen molar-refractivity contribution < 1.29 is 14.0 Å². The smallest absolute Gasteiger partial charge is 0.240 e. The summed E-state index contributed by atoms with van der Waals surface area (Å²) in [5.41, 5.74) is 0.0201. The fourth-order valence-electron chi connectivity index (χ4n) is 2.42. The van der Waals surface area contributed by atoms with Gasteiger partial charge in [-0.05, 0) is 49.2 Å². The summed E-state index contributed by atoms with van der Waals surface area (Å²) in [6, 6.07) is 12.2. The third-order valence-corrected chi connectivity index (χ3v) is 4.34. The van der Waals surface area contributed by atoms with Gasteiger partial charge in [0.05, 0.1) is 16.7 Å². The summed E-state index contributed by atoms with van der Waals surface area (Å²) < 4.78 is 13.2. The molecule has 1 fully saturated rings. The van der Waals surface area contributed by atoms with E-state index in [-0.39, 0.29) is 5.02 Å². The minimum atomic E-state index is -1.16. The topological polar surface area (TPSA) is 82.0 Å². The number of hydrogen-bond acceptors (Lipinski definition) is 3. The molecule has 1 aliphatic rings. The van der Waals surface area contributed by atoms with Gasteiger partial charge >= 0.3 is 0 Å². The molecule has 25 heavy (non-hydrogen) atoms. The molecule has 2 aromatic rings. The zero-order valence-electron chi connectivity index (χ0n) is 13.0. The van der Waals surface area contributed by atoms with Crippen molar-refractivity contribution in [3.05, 3.63) is 58.9 Å². The number of hydrogen-bond donors (Lipinski definition) is 2. The van der Waals surface area contributed by atoms with E-state index in [0.717, 1.165) is 6.07 Å². The number of nitrogens with zero attached hydrogens (tertiary/aromatic N) is 1. The summed E-state index contributed by atoms with van der Waals surface area (Å²) in [4.78, 5) is 25.0. The van der Waals surface area contributed by atoms with E-state index in [4.69, 9.17) is 16.9 Å². The Labute approximate surface area is 148 Å². The summed E-state index contributed by atoms with van der Waals surface area (Å²) in [6.07, 6.45) is 0.828. The summed E-state index contributed by atoms with van der Waals surface area (Å²) in [6.45, 7) is 0. The van der Waals surface area contributed by atoms with E-state index in [9.17, 15) is 14.0 Å². The second-order valence-electron chi connectivity index (χ2n) is 5.81. The molecule has 0 aliphatic heterocycles. The molecule has 1 aliphatic carbocycles. The van der Waals surface area contributed by atoms with Crippen molar-refractivity contribution in [2.24, 2.45) is 5.41 Å². The maximum Gasteiger partial charge on any atom is 0.240 e.